The molecule has 1 aliphatic heterocycles. The van der Waals surface area contributed by atoms with Crippen LogP contribution in [0.25, 0.3) is 0 Å². The van der Waals surface area contributed by atoms with Gasteiger partial charge in [0.2, 0.25) is 0 Å². The van der Waals surface area contributed by atoms with Gasteiger partial charge < -0.3 is 10.1 Å². The van der Waals surface area contributed by atoms with Gasteiger partial charge in [-0.2, -0.15) is 0 Å². The molecular formula is C11H20N2O. The fourth-order valence-electron chi connectivity index (χ4n) is 1.45. The molecule has 1 saturated heterocycles. The van der Waals surface area contributed by atoms with Crippen molar-refractivity contribution in [2.24, 2.45) is 0 Å². The van der Waals surface area contributed by atoms with Gasteiger partial charge in [0.25, 0.3) is 0 Å². The topological polar surface area (TPSA) is 33.3 Å². The van der Waals surface area contributed by atoms with Crippen LogP contribution in [0.5, 0.6) is 0 Å². The van der Waals surface area contributed by atoms with Gasteiger partial charge in [0.05, 0.1) is 0 Å². The van der Waals surface area contributed by atoms with Crippen LogP contribution in [0.4, 0.5) is 0 Å². The monoisotopic (exact) mass is 196 g/mol. The first-order chi connectivity index (χ1) is 6.76. The Morgan fingerprint density at radius 2 is 2.21 bits per heavy atom. The number of piperazine rings is 1. The molecule has 0 aliphatic carbocycles. The number of hydrogen-bond donors (Lipinski definition) is 2. The van der Waals surface area contributed by atoms with E-state index in [2.05, 4.69) is 36.3 Å². The number of ether oxygens (including phenoxy) is 1. The molecule has 0 aromatic carbocycles. The smallest absolute Gasteiger partial charge is 0.122 e. The molecule has 0 saturated carbocycles. The summed E-state index contributed by atoms with van der Waals surface area (Å²) in [5.74, 6) is 5.94. The molecule has 1 rings (SSSR count). The second-order valence-corrected chi connectivity index (χ2v) is 3.63. The summed E-state index contributed by atoms with van der Waals surface area (Å²) in [6.07, 6.45) is 1.11. The molecule has 1 heterocycles. The first-order valence-electron chi connectivity index (χ1n) is 5.30. The van der Waals surface area contributed by atoms with Crippen molar-refractivity contribution in [1.29, 1.82) is 0 Å². The Bertz CT molecular complexity index is 211. The maximum Gasteiger partial charge on any atom is 0.122 e. The molecule has 2 N–H and O–H groups in total. The summed E-state index contributed by atoms with van der Waals surface area (Å²) >= 11 is 0. The van der Waals surface area contributed by atoms with Crippen molar-refractivity contribution in [3.63, 3.8) is 0 Å². The van der Waals surface area contributed by atoms with E-state index in [4.69, 9.17) is 4.74 Å². The zero-order chi connectivity index (χ0) is 10.4. The Balaban J connectivity index is 2.31. The normalized spacial score (nSPS) is 29.1. The molecule has 0 amide bonds. The third-order valence-electron chi connectivity index (χ3n) is 2.31. The quantitative estimate of drug-likeness (QED) is 0.652. The molecule has 3 nitrogen and oxygen atoms in total. The fraction of sp³-hybridized carbons (Fsp3) is 0.818. The molecule has 0 aromatic rings. The van der Waals surface area contributed by atoms with Crippen LogP contribution in [0, 0.1) is 11.8 Å². The Morgan fingerprint density at radius 1 is 1.43 bits per heavy atom. The summed E-state index contributed by atoms with van der Waals surface area (Å²) < 4.78 is 5.78. The third kappa shape index (κ3) is 3.67. The van der Waals surface area contributed by atoms with Gasteiger partial charge in [-0.3, -0.25) is 5.32 Å². The van der Waals surface area contributed by atoms with Gasteiger partial charge in [-0.25, -0.2) is 0 Å². The van der Waals surface area contributed by atoms with Gasteiger partial charge >= 0.3 is 0 Å². The van der Waals surface area contributed by atoms with Crippen molar-refractivity contribution in [2.75, 3.05) is 13.1 Å². The molecular weight excluding hydrogens is 176 g/mol. The lowest BCUT2D eigenvalue weighted by Crippen LogP contribution is -2.54. The second-order valence-electron chi connectivity index (χ2n) is 3.63. The van der Waals surface area contributed by atoms with E-state index in [9.17, 15) is 0 Å². The molecule has 1 fully saturated rings. The lowest BCUT2D eigenvalue weighted by Gasteiger charge is -2.30. The molecule has 1 aliphatic rings. The Hall–Kier alpha value is -0.560. The summed E-state index contributed by atoms with van der Waals surface area (Å²) in [5.41, 5.74) is 0. The van der Waals surface area contributed by atoms with Crippen LogP contribution in [-0.2, 0) is 4.74 Å². The van der Waals surface area contributed by atoms with Crippen LogP contribution >= 0.6 is 0 Å². The second kappa shape index (κ2) is 6.02. The highest BCUT2D eigenvalue weighted by atomic mass is 16.5. The van der Waals surface area contributed by atoms with Gasteiger partial charge in [-0.15, -0.1) is 5.92 Å². The molecule has 0 aromatic heterocycles. The lowest BCUT2D eigenvalue weighted by molar-refractivity contribution is -0.0152. The number of hydrogen-bond acceptors (Lipinski definition) is 3. The van der Waals surface area contributed by atoms with Gasteiger partial charge in [0.15, 0.2) is 0 Å². The van der Waals surface area contributed by atoms with Crippen LogP contribution in [-0.4, -0.2) is 31.5 Å². The van der Waals surface area contributed by atoms with E-state index >= 15 is 0 Å². The van der Waals surface area contributed by atoms with E-state index in [1.165, 1.54) is 0 Å². The lowest BCUT2D eigenvalue weighted by atomic mass is 10.2. The SMILES string of the molecule is CC#C[C@@H](CC)OC1CN[C@H](C)CN1. The van der Waals surface area contributed by atoms with E-state index < -0.39 is 0 Å². The minimum atomic E-state index is 0.0627. The van der Waals surface area contributed by atoms with Crippen molar-refractivity contribution in [3.8, 4) is 11.8 Å². The van der Waals surface area contributed by atoms with Crippen molar-refractivity contribution >= 4 is 0 Å². The number of nitrogens with one attached hydrogen (secondary N) is 2. The minimum Gasteiger partial charge on any atom is -0.346 e. The average Bonchev–Trinajstić information content (AvgIpc) is 2.20. The highest BCUT2D eigenvalue weighted by molar-refractivity contribution is 5.02. The largest absolute Gasteiger partial charge is 0.346 e. The van der Waals surface area contributed by atoms with Crippen LogP contribution in [0.3, 0.4) is 0 Å². The third-order valence-corrected chi connectivity index (χ3v) is 2.31. The van der Waals surface area contributed by atoms with Gasteiger partial charge in [-0.1, -0.05) is 12.8 Å². The van der Waals surface area contributed by atoms with E-state index in [1.807, 2.05) is 6.92 Å². The summed E-state index contributed by atoms with van der Waals surface area (Å²) in [6, 6.07) is 0.534. The van der Waals surface area contributed by atoms with E-state index in [0.29, 0.717) is 6.04 Å². The standard InChI is InChI=1S/C11H20N2O/c1-4-6-10(5-2)14-11-8-12-9(3)7-13-11/h9-13H,5,7-8H2,1-3H3/t9-,10-,11?/m1/s1. The van der Waals surface area contributed by atoms with Crippen LogP contribution in [0.1, 0.15) is 27.2 Å². The minimum absolute atomic E-state index is 0.0627. The predicted molar refractivity (Wildman–Crippen MR) is 57.9 cm³/mol. The van der Waals surface area contributed by atoms with Crippen LogP contribution < -0.4 is 10.6 Å². The maximum absolute atomic E-state index is 5.78. The summed E-state index contributed by atoms with van der Waals surface area (Å²) in [7, 11) is 0. The molecule has 0 spiro atoms. The number of rotatable bonds is 3. The maximum atomic E-state index is 5.78. The van der Waals surface area contributed by atoms with Crippen LogP contribution in [0.2, 0.25) is 0 Å². The fourth-order valence-corrected chi connectivity index (χ4v) is 1.45. The molecule has 80 valence electrons. The molecule has 3 heteroatoms. The van der Waals surface area contributed by atoms with Crippen LogP contribution in [0.15, 0.2) is 0 Å². The molecule has 3 atom stereocenters. The van der Waals surface area contributed by atoms with E-state index in [1.54, 1.807) is 0 Å². The molecule has 1 unspecified atom stereocenters. The summed E-state index contributed by atoms with van der Waals surface area (Å²) in [4.78, 5) is 0. The van der Waals surface area contributed by atoms with Gasteiger partial charge in [-0.05, 0) is 20.3 Å². The first kappa shape index (κ1) is 11.5. The molecule has 0 bridgehead atoms. The summed E-state index contributed by atoms with van der Waals surface area (Å²) in [5, 5.41) is 6.71. The van der Waals surface area contributed by atoms with Gasteiger partial charge in [0, 0.05) is 19.1 Å². The van der Waals surface area contributed by atoms with Crippen molar-refractivity contribution in [1.82, 2.24) is 10.6 Å². The van der Waals surface area contributed by atoms with Crippen molar-refractivity contribution < 1.29 is 4.74 Å². The Kier molecular flexibility index (Phi) is 4.95. The highest BCUT2D eigenvalue weighted by Gasteiger charge is 2.19. The highest BCUT2D eigenvalue weighted by Crippen LogP contribution is 2.02. The molecule has 0 radical (unpaired) electrons. The first-order valence-corrected chi connectivity index (χ1v) is 5.30. The van der Waals surface area contributed by atoms with Crippen molar-refractivity contribution in [2.45, 2.75) is 45.6 Å². The van der Waals surface area contributed by atoms with E-state index in [0.717, 1.165) is 19.5 Å². The van der Waals surface area contributed by atoms with E-state index in [-0.39, 0.29) is 12.3 Å². The zero-order valence-corrected chi connectivity index (χ0v) is 9.26. The van der Waals surface area contributed by atoms with Gasteiger partial charge in [0.1, 0.15) is 12.3 Å². The average molecular weight is 196 g/mol. The molecule has 14 heavy (non-hydrogen) atoms. The predicted octanol–water partition coefficient (Wildman–Crippen LogP) is 0.712. The zero-order valence-electron chi connectivity index (χ0n) is 9.26. The Morgan fingerprint density at radius 3 is 2.71 bits per heavy atom. The summed E-state index contributed by atoms with van der Waals surface area (Å²) in [6.45, 7) is 7.92. The van der Waals surface area contributed by atoms with Crippen molar-refractivity contribution in [3.05, 3.63) is 0 Å². The Labute approximate surface area is 86.6 Å².